The second-order valence-corrected chi connectivity index (χ2v) is 5.91. The highest BCUT2D eigenvalue weighted by molar-refractivity contribution is 5.59. The third-order valence-electron chi connectivity index (χ3n) is 3.23. The summed E-state index contributed by atoms with van der Waals surface area (Å²) in [5.74, 6) is 0.0200. The van der Waals surface area contributed by atoms with Crippen molar-refractivity contribution in [1.82, 2.24) is 0 Å². The number of phenols is 1. The Hall–Kier alpha value is -1.22. The Morgan fingerprint density at radius 2 is 1.89 bits per heavy atom. The molecule has 0 aliphatic heterocycles. The Labute approximate surface area is 110 Å². The molecule has 0 aliphatic carbocycles. The molecule has 102 valence electrons. The van der Waals surface area contributed by atoms with E-state index in [9.17, 15) is 10.2 Å². The first-order valence-electron chi connectivity index (χ1n) is 6.58. The molecular formula is C15H25NO2. The molecule has 1 aromatic rings. The highest BCUT2D eigenvalue weighted by Gasteiger charge is 2.20. The van der Waals surface area contributed by atoms with Crippen molar-refractivity contribution in [1.29, 1.82) is 0 Å². The fourth-order valence-electron chi connectivity index (χ4n) is 1.92. The number of rotatable bonds is 4. The van der Waals surface area contributed by atoms with E-state index in [1.807, 2.05) is 6.07 Å². The number of phenolic OH excluding ortho intramolecular Hbond substituents is 1. The van der Waals surface area contributed by atoms with E-state index in [-0.39, 0.29) is 11.2 Å². The number of anilines is 1. The first-order valence-corrected chi connectivity index (χ1v) is 6.58. The summed E-state index contributed by atoms with van der Waals surface area (Å²) in [5.41, 5.74) is 7.69. The summed E-state index contributed by atoms with van der Waals surface area (Å²) in [7, 11) is 0. The first kappa shape index (κ1) is 14.8. The van der Waals surface area contributed by atoms with E-state index in [1.165, 1.54) is 0 Å². The minimum Gasteiger partial charge on any atom is -0.505 e. The van der Waals surface area contributed by atoms with Crippen LogP contribution in [0.5, 0.6) is 5.75 Å². The third-order valence-corrected chi connectivity index (χ3v) is 3.23. The van der Waals surface area contributed by atoms with Crippen molar-refractivity contribution in [2.45, 2.75) is 58.5 Å². The zero-order valence-corrected chi connectivity index (χ0v) is 11.8. The Bertz CT molecular complexity index is 408. The Kier molecular flexibility index (Phi) is 4.63. The van der Waals surface area contributed by atoms with Crippen molar-refractivity contribution in [2.75, 3.05) is 5.73 Å². The van der Waals surface area contributed by atoms with Crippen molar-refractivity contribution in [3.05, 3.63) is 23.3 Å². The van der Waals surface area contributed by atoms with Crippen molar-refractivity contribution < 1.29 is 10.2 Å². The average Bonchev–Trinajstić information content (AvgIpc) is 2.27. The van der Waals surface area contributed by atoms with Crippen molar-refractivity contribution in [3.63, 3.8) is 0 Å². The highest BCUT2D eigenvalue weighted by atomic mass is 16.3. The van der Waals surface area contributed by atoms with E-state index in [0.29, 0.717) is 17.7 Å². The molecule has 0 amide bonds. The van der Waals surface area contributed by atoms with E-state index >= 15 is 0 Å². The Morgan fingerprint density at radius 1 is 1.28 bits per heavy atom. The van der Waals surface area contributed by atoms with Gasteiger partial charge in [-0.2, -0.15) is 0 Å². The molecule has 0 aromatic heterocycles. The minimum absolute atomic E-state index is 0.0200. The van der Waals surface area contributed by atoms with Gasteiger partial charge in [-0.05, 0) is 29.5 Å². The van der Waals surface area contributed by atoms with Crippen LogP contribution in [0.1, 0.15) is 64.2 Å². The monoisotopic (exact) mass is 251 g/mol. The maximum atomic E-state index is 10.1. The lowest BCUT2D eigenvalue weighted by atomic mass is 9.84. The summed E-state index contributed by atoms with van der Waals surface area (Å²) in [6.45, 7) is 8.33. The SMILES string of the molecule is CCCCC(O)c1cc(C(C)(C)C)cc(N)c1O. The molecule has 1 aromatic carbocycles. The number of aromatic hydroxyl groups is 1. The fourth-order valence-corrected chi connectivity index (χ4v) is 1.92. The fraction of sp³-hybridized carbons (Fsp3) is 0.600. The molecule has 18 heavy (non-hydrogen) atoms. The molecule has 1 rings (SSSR count). The molecule has 0 heterocycles. The minimum atomic E-state index is -0.644. The van der Waals surface area contributed by atoms with E-state index in [1.54, 1.807) is 6.07 Å². The zero-order valence-electron chi connectivity index (χ0n) is 11.8. The van der Waals surface area contributed by atoms with Gasteiger partial charge in [-0.25, -0.2) is 0 Å². The molecule has 1 unspecified atom stereocenters. The predicted octanol–water partition coefficient (Wildman–Crippen LogP) is 3.50. The van der Waals surface area contributed by atoms with Gasteiger partial charge in [0.05, 0.1) is 11.8 Å². The van der Waals surface area contributed by atoms with Gasteiger partial charge in [0.15, 0.2) is 0 Å². The normalized spacial score (nSPS) is 13.6. The number of hydrogen-bond acceptors (Lipinski definition) is 3. The number of benzene rings is 1. The first-order chi connectivity index (χ1) is 8.27. The quantitative estimate of drug-likeness (QED) is 0.567. The predicted molar refractivity (Wildman–Crippen MR) is 75.7 cm³/mol. The molecule has 0 bridgehead atoms. The zero-order chi connectivity index (χ0) is 13.9. The van der Waals surface area contributed by atoms with Gasteiger partial charge in [0.25, 0.3) is 0 Å². The molecule has 0 fully saturated rings. The van der Waals surface area contributed by atoms with Gasteiger partial charge in [-0.1, -0.05) is 40.5 Å². The second-order valence-electron chi connectivity index (χ2n) is 5.91. The highest BCUT2D eigenvalue weighted by Crippen LogP contribution is 2.37. The number of aliphatic hydroxyl groups excluding tert-OH is 1. The van der Waals surface area contributed by atoms with E-state index in [0.717, 1.165) is 18.4 Å². The molecule has 0 saturated carbocycles. The van der Waals surface area contributed by atoms with Crippen LogP contribution in [0.25, 0.3) is 0 Å². The topological polar surface area (TPSA) is 66.5 Å². The van der Waals surface area contributed by atoms with Gasteiger partial charge in [0.1, 0.15) is 5.75 Å². The summed E-state index contributed by atoms with van der Waals surface area (Å²) in [4.78, 5) is 0. The number of unbranched alkanes of at least 4 members (excludes halogenated alkanes) is 1. The van der Waals surface area contributed by atoms with Gasteiger partial charge < -0.3 is 15.9 Å². The van der Waals surface area contributed by atoms with Crippen LogP contribution in [0.4, 0.5) is 5.69 Å². The maximum Gasteiger partial charge on any atom is 0.144 e. The lowest BCUT2D eigenvalue weighted by Gasteiger charge is -2.23. The van der Waals surface area contributed by atoms with Crippen LogP contribution < -0.4 is 5.73 Å². The molecule has 4 N–H and O–H groups in total. The van der Waals surface area contributed by atoms with Gasteiger partial charge in [-0.15, -0.1) is 0 Å². The van der Waals surface area contributed by atoms with Crippen molar-refractivity contribution in [3.8, 4) is 5.75 Å². The summed E-state index contributed by atoms with van der Waals surface area (Å²) in [6.07, 6.45) is 1.96. The Morgan fingerprint density at radius 3 is 2.39 bits per heavy atom. The summed E-state index contributed by atoms with van der Waals surface area (Å²) in [6, 6.07) is 3.65. The molecule has 3 heteroatoms. The molecule has 0 saturated heterocycles. The van der Waals surface area contributed by atoms with Crippen LogP contribution >= 0.6 is 0 Å². The van der Waals surface area contributed by atoms with Crippen LogP contribution in [-0.2, 0) is 5.41 Å². The summed E-state index contributed by atoms with van der Waals surface area (Å²) < 4.78 is 0. The number of hydrogen-bond donors (Lipinski definition) is 3. The lowest BCUT2D eigenvalue weighted by Crippen LogP contribution is -2.13. The smallest absolute Gasteiger partial charge is 0.144 e. The number of nitrogen functional groups attached to an aromatic ring is 1. The number of nitrogens with two attached hydrogens (primary N) is 1. The van der Waals surface area contributed by atoms with E-state index in [2.05, 4.69) is 27.7 Å². The second kappa shape index (κ2) is 5.61. The third kappa shape index (κ3) is 3.39. The maximum absolute atomic E-state index is 10.1. The van der Waals surface area contributed by atoms with Gasteiger partial charge in [0.2, 0.25) is 0 Å². The van der Waals surface area contributed by atoms with Crippen LogP contribution in [0.2, 0.25) is 0 Å². The van der Waals surface area contributed by atoms with Crippen molar-refractivity contribution in [2.24, 2.45) is 0 Å². The molecule has 1 atom stereocenters. The van der Waals surface area contributed by atoms with Crippen LogP contribution in [0.3, 0.4) is 0 Å². The summed E-state index contributed by atoms with van der Waals surface area (Å²) >= 11 is 0. The van der Waals surface area contributed by atoms with Gasteiger partial charge in [0, 0.05) is 5.56 Å². The Balaban J connectivity index is 3.14. The van der Waals surface area contributed by atoms with Gasteiger partial charge >= 0.3 is 0 Å². The lowest BCUT2D eigenvalue weighted by molar-refractivity contribution is 0.160. The molecular weight excluding hydrogens is 226 g/mol. The standard InChI is InChI=1S/C15H25NO2/c1-5-6-7-13(17)11-8-10(15(2,3)4)9-12(16)14(11)18/h8-9,13,17-18H,5-7,16H2,1-4H3. The van der Waals surface area contributed by atoms with Crippen LogP contribution in [0, 0.1) is 0 Å². The van der Waals surface area contributed by atoms with Gasteiger partial charge in [-0.3, -0.25) is 0 Å². The van der Waals surface area contributed by atoms with Crippen LogP contribution in [-0.4, -0.2) is 10.2 Å². The average molecular weight is 251 g/mol. The van der Waals surface area contributed by atoms with E-state index in [4.69, 9.17) is 5.73 Å². The molecule has 0 spiro atoms. The summed E-state index contributed by atoms with van der Waals surface area (Å²) in [5, 5.41) is 20.1. The largest absolute Gasteiger partial charge is 0.505 e. The molecule has 0 aliphatic rings. The van der Waals surface area contributed by atoms with Crippen LogP contribution in [0.15, 0.2) is 12.1 Å². The van der Waals surface area contributed by atoms with E-state index < -0.39 is 6.10 Å². The van der Waals surface area contributed by atoms with Crippen molar-refractivity contribution >= 4 is 5.69 Å². The number of aliphatic hydroxyl groups is 1. The molecule has 0 radical (unpaired) electrons. The molecule has 3 nitrogen and oxygen atoms in total.